The van der Waals surface area contributed by atoms with E-state index in [0.29, 0.717) is 18.1 Å². The van der Waals surface area contributed by atoms with Gasteiger partial charge in [0.1, 0.15) is 5.75 Å². The zero-order chi connectivity index (χ0) is 17.6. The third-order valence-corrected chi connectivity index (χ3v) is 3.34. The molecule has 2 aromatic heterocycles. The van der Waals surface area contributed by atoms with Crippen LogP contribution in [0, 0.1) is 0 Å². The highest BCUT2D eigenvalue weighted by atomic mass is 16.5. The fourth-order valence-corrected chi connectivity index (χ4v) is 2.24. The smallest absolute Gasteiger partial charge is 0.277 e. The van der Waals surface area contributed by atoms with E-state index in [-0.39, 0.29) is 12.6 Å². The van der Waals surface area contributed by atoms with Crippen molar-refractivity contribution < 1.29 is 9.53 Å². The van der Waals surface area contributed by atoms with Gasteiger partial charge in [0.05, 0.1) is 5.69 Å². The molecule has 8 heteroatoms. The fraction of sp³-hybridized carbons (Fsp3) is 0.235. The van der Waals surface area contributed by atoms with Crippen molar-refractivity contribution in [2.45, 2.75) is 13.3 Å². The van der Waals surface area contributed by atoms with Gasteiger partial charge in [-0.05, 0) is 32.3 Å². The number of anilines is 1. The van der Waals surface area contributed by atoms with Gasteiger partial charge in [-0.2, -0.15) is 10.2 Å². The van der Waals surface area contributed by atoms with Gasteiger partial charge in [0, 0.05) is 18.8 Å². The lowest BCUT2D eigenvalue weighted by Gasteiger charge is -2.05. The molecular weight excluding hydrogens is 320 g/mol. The van der Waals surface area contributed by atoms with Gasteiger partial charge in [-0.1, -0.05) is 18.2 Å². The van der Waals surface area contributed by atoms with E-state index in [2.05, 4.69) is 20.6 Å². The van der Waals surface area contributed by atoms with Gasteiger partial charge in [-0.3, -0.25) is 9.89 Å². The minimum absolute atomic E-state index is 0.229. The van der Waals surface area contributed by atoms with E-state index in [0.717, 1.165) is 11.4 Å². The summed E-state index contributed by atoms with van der Waals surface area (Å²) < 4.78 is 7.15. The first-order chi connectivity index (χ1) is 12.1. The first-order valence-corrected chi connectivity index (χ1v) is 7.82. The van der Waals surface area contributed by atoms with E-state index in [1.165, 1.54) is 0 Å². The van der Waals surface area contributed by atoms with Crippen LogP contribution < -0.4 is 10.1 Å². The molecule has 1 amide bonds. The molecule has 0 atom stereocenters. The zero-order valence-electron chi connectivity index (χ0n) is 14.1. The number of carbonyl (C=O) groups is 1. The predicted molar refractivity (Wildman–Crippen MR) is 93.2 cm³/mol. The number of aromatic amines is 1. The van der Waals surface area contributed by atoms with Gasteiger partial charge < -0.3 is 15.0 Å². The maximum absolute atomic E-state index is 12.2. The number of hydrogen-bond acceptors (Lipinski definition) is 5. The molecule has 130 valence electrons. The SMILES string of the molecule is CN(C)Cc1cc(NC(=O)c2ccn(COc3ccccc3)n2)n[nH]1. The van der Waals surface area contributed by atoms with Crippen molar-refractivity contribution in [3.8, 4) is 5.75 Å². The number of benzene rings is 1. The lowest BCUT2D eigenvalue weighted by atomic mass is 10.3. The monoisotopic (exact) mass is 340 g/mol. The average molecular weight is 340 g/mol. The van der Waals surface area contributed by atoms with Crippen LogP contribution in [0.15, 0.2) is 48.7 Å². The molecule has 2 N–H and O–H groups in total. The molecular formula is C17H20N6O2. The topological polar surface area (TPSA) is 88.1 Å². The van der Waals surface area contributed by atoms with Crippen molar-refractivity contribution in [1.82, 2.24) is 24.9 Å². The summed E-state index contributed by atoms with van der Waals surface area (Å²) in [5.41, 5.74) is 1.22. The summed E-state index contributed by atoms with van der Waals surface area (Å²) in [5, 5.41) is 13.9. The van der Waals surface area contributed by atoms with Crippen molar-refractivity contribution in [3.63, 3.8) is 0 Å². The van der Waals surface area contributed by atoms with E-state index < -0.39 is 0 Å². The number of nitrogens with one attached hydrogen (secondary N) is 2. The van der Waals surface area contributed by atoms with Gasteiger partial charge >= 0.3 is 0 Å². The Bertz CT molecular complexity index is 825. The molecule has 0 spiro atoms. The summed E-state index contributed by atoms with van der Waals surface area (Å²) >= 11 is 0. The second-order valence-corrected chi connectivity index (χ2v) is 5.80. The van der Waals surface area contributed by atoms with Crippen LogP contribution in [-0.2, 0) is 13.3 Å². The largest absolute Gasteiger partial charge is 0.471 e. The number of rotatable bonds is 7. The lowest BCUT2D eigenvalue weighted by Crippen LogP contribution is -2.14. The van der Waals surface area contributed by atoms with E-state index in [1.54, 1.807) is 23.0 Å². The maximum Gasteiger partial charge on any atom is 0.277 e. The molecule has 0 fully saturated rings. The fourth-order valence-electron chi connectivity index (χ4n) is 2.24. The van der Waals surface area contributed by atoms with Gasteiger partial charge in [-0.15, -0.1) is 0 Å². The third-order valence-electron chi connectivity index (χ3n) is 3.34. The number of carbonyl (C=O) groups excluding carboxylic acids is 1. The Hall–Kier alpha value is -3.13. The third kappa shape index (κ3) is 4.67. The first-order valence-electron chi connectivity index (χ1n) is 7.82. The Labute approximate surface area is 145 Å². The van der Waals surface area contributed by atoms with Crippen molar-refractivity contribution >= 4 is 11.7 Å². The van der Waals surface area contributed by atoms with Crippen LogP contribution in [0.2, 0.25) is 0 Å². The second kappa shape index (κ2) is 7.63. The van der Waals surface area contributed by atoms with Crippen LogP contribution in [0.5, 0.6) is 5.75 Å². The van der Waals surface area contributed by atoms with Crippen LogP contribution in [0.4, 0.5) is 5.82 Å². The summed E-state index contributed by atoms with van der Waals surface area (Å²) in [5.74, 6) is 0.896. The highest BCUT2D eigenvalue weighted by molar-refractivity contribution is 6.02. The second-order valence-electron chi connectivity index (χ2n) is 5.80. The summed E-state index contributed by atoms with van der Waals surface area (Å²) in [6.07, 6.45) is 1.69. The summed E-state index contributed by atoms with van der Waals surface area (Å²) in [6, 6.07) is 12.9. The Morgan fingerprint density at radius 3 is 2.84 bits per heavy atom. The van der Waals surface area contributed by atoms with Crippen molar-refractivity contribution in [2.24, 2.45) is 0 Å². The highest BCUT2D eigenvalue weighted by Gasteiger charge is 2.12. The number of hydrogen-bond donors (Lipinski definition) is 2. The molecule has 0 saturated carbocycles. The van der Waals surface area contributed by atoms with E-state index >= 15 is 0 Å². The Balaban J connectivity index is 1.56. The molecule has 0 unspecified atom stereocenters. The summed E-state index contributed by atoms with van der Waals surface area (Å²) in [4.78, 5) is 14.2. The van der Waals surface area contributed by atoms with Gasteiger partial charge in [-0.25, -0.2) is 4.68 Å². The Morgan fingerprint density at radius 1 is 1.28 bits per heavy atom. The molecule has 8 nitrogen and oxygen atoms in total. The average Bonchev–Trinajstić information content (AvgIpc) is 3.23. The van der Waals surface area contributed by atoms with Gasteiger partial charge in [0.25, 0.3) is 5.91 Å². The van der Waals surface area contributed by atoms with E-state index in [4.69, 9.17) is 4.74 Å². The standard InChI is InChI=1S/C17H20N6O2/c1-22(2)11-13-10-16(20-19-13)18-17(24)15-8-9-23(21-15)12-25-14-6-4-3-5-7-14/h3-10H,11-12H2,1-2H3,(H2,18,19,20,24). The Kier molecular flexibility index (Phi) is 5.10. The molecule has 0 aliphatic carbocycles. The maximum atomic E-state index is 12.2. The predicted octanol–water partition coefficient (Wildman–Crippen LogP) is 1.96. The molecule has 0 aliphatic heterocycles. The minimum atomic E-state index is -0.318. The van der Waals surface area contributed by atoms with Crippen LogP contribution in [0.3, 0.4) is 0 Å². The van der Waals surface area contributed by atoms with Crippen LogP contribution in [0.1, 0.15) is 16.2 Å². The van der Waals surface area contributed by atoms with Crippen molar-refractivity contribution in [2.75, 3.05) is 19.4 Å². The van der Waals surface area contributed by atoms with Crippen LogP contribution >= 0.6 is 0 Å². The molecule has 0 bridgehead atoms. The molecule has 2 heterocycles. The number of amides is 1. The number of para-hydroxylation sites is 1. The number of ether oxygens (including phenoxy) is 1. The molecule has 1 aromatic carbocycles. The zero-order valence-corrected chi connectivity index (χ0v) is 14.1. The van der Waals surface area contributed by atoms with Gasteiger partial charge in [0.15, 0.2) is 18.2 Å². The quantitative estimate of drug-likeness (QED) is 0.686. The van der Waals surface area contributed by atoms with E-state index in [1.807, 2.05) is 49.3 Å². The minimum Gasteiger partial charge on any atom is -0.471 e. The molecule has 0 radical (unpaired) electrons. The molecule has 0 saturated heterocycles. The van der Waals surface area contributed by atoms with Gasteiger partial charge in [0.2, 0.25) is 0 Å². The lowest BCUT2D eigenvalue weighted by molar-refractivity contribution is 0.102. The summed E-state index contributed by atoms with van der Waals surface area (Å²) in [6.45, 7) is 0.945. The molecule has 0 aliphatic rings. The molecule has 3 aromatic rings. The number of H-pyrrole nitrogens is 1. The van der Waals surface area contributed by atoms with Crippen molar-refractivity contribution in [1.29, 1.82) is 0 Å². The first kappa shape index (κ1) is 16.7. The number of nitrogens with zero attached hydrogens (tertiary/aromatic N) is 4. The van der Waals surface area contributed by atoms with Crippen molar-refractivity contribution in [3.05, 3.63) is 60.0 Å². The molecule has 3 rings (SSSR count). The Morgan fingerprint density at radius 2 is 2.08 bits per heavy atom. The molecule has 25 heavy (non-hydrogen) atoms. The van der Waals surface area contributed by atoms with Crippen LogP contribution in [-0.4, -0.2) is 44.9 Å². The number of aromatic nitrogens is 4. The normalized spacial score (nSPS) is 10.8. The van der Waals surface area contributed by atoms with Crippen LogP contribution in [0.25, 0.3) is 0 Å². The summed E-state index contributed by atoms with van der Waals surface area (Å²) in [7, 11) is 3.92. The van der Waals surface area contributed by atoms with E-state index in [9.17, 15) is 4.79 Å². The highest BCUT2D eigenvalue weighted by Crippen LogP contribution is 2.10.